The van der Waals surface area contributed by atoms with Gasteiger partial charge in [-0.2, -0.15) is 23.4 Å². The topological polar surface area (TPSA) is 85.6 Å². The first-order valence-electron chi connectivity index (χ1n) is 8.48. The van der Waals surface area contributed by atoms with Gasteiger partial charge in [-0.15, -0.1) is 5.10 Å². The Labute approximate surface area is 162 Å². The summed E-state index contributed by atoms with van der Waals surface area (Å²) in [4.78, 5) is 15.8. The third kappa shape index (κ3) is 3.91. The van der Waals surface area contributed by atoms with E-state index in [4.69, 9.17) is 0 Å². The molecule has 146 valence electrons. The van der Waals surface area contributed by atoms with Crippen molar-refractivity contribution in [1.29, 1.82) is 0 Å². The van der Waals surface area contributed by atoms with Gasteiger partial charge in [-0.1, -0.05) is 18.2 Å². The monoisotopic (exact) mass is 398 g/mol. The second kappa shape index (κ2) is 7.30. The van der Waals surface area contributed by atoms with Crippen molar-refractivity contribution >= 4 is 22.6 Å². The van der Waals surface area contributed by atoms with E-state index in [0.29, 0.717) is 22.3 Å². The Morgan fingerprint density at radius 3 is 2.59 bits per heavy atom. The van der Waals surface area contributed by atoms with Crippen molar-refractivity contribution < 1.29 is 18.0 Å². The number of nitrogens with zero attached hydrogens (tertiary/aromatic N) is 5. The van der Waals surface area contributed by atoms with Gasteiger partial charge in [0.2, 0.25) is 0 Å². The summed E-state index contributed by atoms with van der Waals surface area (Å²) in [6.07, 6.45) is -1.87. The molecule has 3 aromatic heterocycles. The lowest BCUT2D eigenvalue weighted by Crippen LogP contribution is -2.15. The zero-order valence-corrected chi connectivity index (χ0v) is 14.8. The van der Waals surface area contributed by atoms with Crippen molar-refractivity contribution in [2.24, 2.45) is 0 Å². The van der Waals surface area contributed by atoms with Crippen LogP contribution < -0.4 is 5.32 Å². The lowest BCUT2D eigenvalue weighted by Gasteiger charge is -2.07. The first-order chi connectivity index (χ1) is 13.9. The van der Waals surface area contributed by atoms with E-state index < -0.39 is 17.8 Å². The number of carbonyl (C=O) groups is 1. The maximum absolute atomic E-state index is 12.7. The minimum atomic E-state index is -4.49. The Morgan fingerprint density at radius 1 is 1.07 bits per heavy atom. The number of benzene rings is 1. The zero-order chi connectivity index (χ0) is 20.4. The highest BCUT2D eigenvalue weighted by atomic mass is 19.4. The minimum absolute atomic E-state index is 0.137. The molecular formula is C19H13F3N6O. The Kier molecular flexibility index (Phi) is 4.67. The number of nitrogens with one attached hydrogen (secondary N) is 1. The van der Waals surface area contributed by atoms with Crippen LogP contribution in [0.4, 0.5) is 19.0 Å². The normalized spacial score (nSPS) is 11.6. The highest BCUT2D eigenvalue weighted by molar-refractivity contribution is 6.06. The molecule has 0 fully saturated rings. The van der Waals surface area contributed by atoms with E-state index in [2.05, 4.69) is 25.6 Å². The standard InChI is InChI=1S/C19H13F3N6O/c20-19(21,22)16-8-7-12(10-23-16)11-28-15-6-2-1-4-13(15)17(27-28)25-18(29)14-5-3-9-24-26-14/h1-10H,11H2,(H,25,27,29). The van der Waals surface area contributed by atoms with E-state index >= 15 is 0 Å². The second-order valence-electron chi connectivity index (χ2n) is 6.14. The van der Waals surface area contributed by atoms with Gasteiger partial charge in [-0.25, -0.2) is 0 Å². The third-order valence-corrected chi connectivity index (χ3v) is 4.14. The van der Waals surface area contributed by atoms with E-state index in [1.807, 2.05) is 0 Å². The number of alkyl halides is 3. The van der Waals surface area contributed by atoms with E-state index in [1.54, 1.807) is 35.0 Å². The van der Waals surface area contributed by atoms with Gasteiger partial charge in [0.15, 0.2) is 11.5 Å². The van der Waals surface area contributed by atoms with Gasteiger partial charge < -0.3 is 5.32 Å². The highest BCUT2D eigenvalue weighted by Gasteiger charge is 2.32. The van der Waals surface area contributed by atoms with Gasteiger partial charge in [-0.3, -0.25) is 14.5 Å². The lowest BCUT2D eigenvalue weighted by molar-refractivity contribution is -0.141. The molecule has 1 N–H and O–H groups in total. The average Bonchev–Trinajstić information content (AvgIpc) is 3.06. The zero-order valence-electron chi connectivity index (χ0n) is 14.8. The molecular weight excluding hydrogens is 385 g/mol. The molecule has 0 spiro atoms. The third-order valence-electron chi connectivity index (χ3n) is 4.14. The number of pyridine rings is 1. The summed E-state index contributed by atoms with van der Waals surface area (Å²) < 4.78 is 39.7. The first kappa shape index (κ1) is 18.5. The van der Waals surface area contributed by atoms with E-state index in [0.717, 1.165) is 12.3 Å². The number of hydrogen-bond acceptors (Lipinski definition) is 5. The van der Waals surface area contributed by atoms with Crippen LogP contribution in [0.25, 0.3) is 10.9 Å². The maximum atomic E-state index is 12.7. The van der Waals surface area contributed by atoms with Crippen LogP contribution in [0.5, 0.6) is 0 Å². The molecule has 0 saturated carbocycles. The van der Waals surface area contributed by atoms with Crippen molar-refractivity contribution in [3.63, 3.8) is 0 Å². The first-order valence-corrected chi connectivity index (χ1v) is 8.48. The quantitative estimate of drug-likeness (QED) is 0.568. The number of halogens is 3. The molecule has 1 amide bonds. The number of anilines is 1. The average molecular weight is 398 g/mol. The SMILES string of the molecule is O=C(Nc1nn(Cc2ccc(C(F)(F)F)nc2)c2ccccc12)c1cccnn1. The highest BCUT2D eigenvalue weighted by Crippen LogP contribution is 2.28. The van der Waals surface area contributed by atoms with Gasteiger partial charge in [0.05, 0.1) is 12.1 Å². The molecule has 0 aliphatic rings. The fourth-order valence-electron chi connectivity index (χ4n) is 2.79. The van der Waals surface area contributed by atoms with Crippen molar-refractivity contribution in [2.75, 3.05) is 5.32 Å². The summed E-state index contributed by atoms with van der Waals surface area (Å²) >= 11 is 0. The van der Waals surface area contributed by atoms with Crippen LogP contribution in [-0.2, 0) is 12.7 Å². The second-order valence-corrected chi connectivity index (χ2v) is 6.14. The smallest absolute Gasteiger partial charge is 0.303 e. The molecule has 4 aromatic rings. The van der Waals surface area contributed by atoms with Gasteiger partial charge in [-0.05, 0) is 35.9 Å². The predicted molar refractivity (Wildman–Crippen MR) is 98.1 cm³/mol. The van der Waals surface area contributed by atoms with Crippen LogP contribution >= 0.6 is 0 Å². The Bertz CT molecular complexity index is 1160. The summed E-state index contributed by atoms with van der Waals surface area (Å²) in [5.74, 6) is -0.152. The molecule has 7 nitrogen and oxygen atoms in total. The predicted octanol–water partition coefficient (Wildman–Crippen LogP) is 3.54. The maximum Gasteiger partial charge on any atom is 0.433 e. The van der Waals surface area contributed by atoms with Crippen LogP contribution in [-0.4, -0.2) is 30.9 Å². The molecule has 0 aliphatic heterocycles. The lowest BCUT2D eigenvalue weighted by atomic mass is 10.2. The van der Waals surface area contributed by atoms with Crippen LogP contribution in [0.3, 0.4) is 0 Å². The van der Waals surface area contributed by atoms with Crippen LogP contribution in [0.2, 0.25) is 0 Å². The van der Waals surface area contributed by atoms with Crippen molar-refractivity contribution in [1.82, 2.24) is 25.0 Å². The van der Waals surface area contributed by atoms with Crippen molar-refractivity contribution in [3.8, 4) is 0 Å². The van der Waals surface area contributed by atoms with Gasteiger partial charge in [0, 0.05) is 17.8 Å². The number of carbonyl (C=O) groups excluding carboxylic acids is 1. The Hall–Kier alpha value is -3.82. The van der Waals surface area contributed by atoms with E-state index in [1.165, 1.54) is 18.3 Å². The van der Waals surface area contributed by atoms with Gasteiger partial charge >= 0.3 is 6.18 Å². The molecule has 3 heterocycles. The molecule has 0 bridgehead atoms. The van der Waals surface area contributed by atoms with Crippen LogP contribution in [0.15, 0.2) is 60.9 Å². The Morgan fingerprint density at radius 2 is 1.90 bits per heavy atom. The molecule has 4 rings (SSSR count). The van der Waals surface area contributed by atoms with Crippen LogP contribution in [0.1, 0.15) is 21.7 Å². The summed E-state index contributed by atoms with van der Waals surface area (Å²) in [6, 6.07) is 12.6. The van der Waals surface area contributed by atoms with E-state index in [9.17, 15) is 18.0 Å². The van der Waals surface area contributed by atoms with Crippen LogP contribution in [0, 0.1) is 0 Å². The van der Waals surface area contributed by atoms with Gasteiger partial charge in [0.1, 0.15) is 5.69 Å². The number of fused-ring (bicyclic) bond motifs is 1. The number of aromatic nitrogens is 5. The van der Waals surface area contributed by atoms with Gasteiger partial charge in [0.25, 0.3) is 5.91 Å². The van der Waals surface area contributed by atoms with Crippen molar-refractivity contribution in [3.05, 3.63) is 77.9 Å². The minimum Gasteiger partial charge on any atom is -0.303 e. The molecule has 1 aromatic carbocycles. The fourth-order valence-corrected chi connectivity index (χ4v) is 2.79. The molecule has 0 saturated heterocycles. The summed E-state index contributed by atoms with van der Waals surface area (Å²) in [5.41, 5.74) is 0.432. The molecule has 10 heteroatoms. The largest absolute Gasteiger partial charge is 0.433 e. The molecule has 0 radical (unpaired) electrons. The number of hydrogen-bond donors (Lipinski definition) is 1. The number of amides is 1. The molecule has 0 aliphatic carbocycles. The summed E-state index contributed by atoms with van der Waals surface area (Å²) in [6.45, 7) is 0.187. The summed E-state index contributed by atoms with van der Waals surface area (Å²) in [7, 11) is 0. The fraction of sp³-hybridized carbons (Fsp3) is 0.105. The summed E-state index contributed by atoms with van der Waals surface area (Å²) in [5, 5.41) is 15.2. The van der Waals surface area contributed by atoms with E-state index in [-0.39, 0.29) is 12.2 Å². The number of rotatable bonds is 4. The Balaban J connectivity index is 1.63. The molecule has 29 heavy (non-hydrogen) atoms. The number of para-hydroxylation sites is 1. The molecule has 0 atom stereocenters. The van der Waals surface area contributed by atoms with Crippen molar-refractivity contribution in [2.45, 2.75) is 12.7 Å². The molecule has 0 unspecified atom stereocenters.